The van der Waals surface area contributed by atoms with Crippen molar-refractivity contribution in [3.05, 3.63) is 45.7 Å². The van der Waals surface area contributed by atoms with E-state index in [1.165, 1.54) is 0 Å². The van der Waals surface area contributed by atoms with Gasteiger partial charge in [-0.2, -0.15) is 0 Å². The number of aryl methyl sites for hydroxylation is 1. The van der Waals surface area contributed by atoms with Crippen LogP contribution in [0.4, 0.5) is 11.6 Å². The van der Waals surface area contributed by atoms with Crippen molar-refractivity contribution in [3.63, 3.8) is 0 Å². The molecular weight excluding hydrogens is 323 g/mol. The van der Waals surface area contributed by atoms with Gasteiger partial charge in [-0.05, 0) is 38.0 Å². The molecule has 1 heterocycles. The Kier molecular flexibility index (Phi) is 4.18. The average molecular weight is 337 g/mol. The van der Waals surface area contributed by atoms with E-state index in [1.54, 1.807) is 24.3 Å². The molecule has 0 aliphatic heterocycles. The van der Waals surface area contributed by atoms with Crippen LogP contribution in [0.1, 0.15) is 29.0 Å². The predicted molar refractivity (Wildman–Crippen MR) is 87.8 cm³/mol. The molecule has 5 nitrogen and oxygen atoms in total. The Morgan fingerprint density at radius 2 is 1.91 bits per heavy atom. The third-order valence-electron chi connectivity index (χ3n) is 3.20. The predicted octanol–water partition coefficient (Wildman–Crippen LogP) is 3.92. The minimum absolute atomic E-state index is 0.270. The fourth-order valence-electron chi connectivity index (χ4n) is 1.95. The first kappa shape index (κ1) is 15.1. The zero-order chi connectivity index (χ0) is 15.7. The Morgan fingerprint density at radius 1 is 1.23 bits per heavy atom. The fraction of sp³-hybridized carbons (Fsp3) is 0.267. The number of nitrogens with one attached hydrogen (secondary N) is 2. The molecule has 7 heteroatoms. The van der Waals surface area contributed by atoms with E-state index in [4.69, 9.17) is 23.2 Å². The molecular formula is C15H14Cl2N4O. The van der Waals surface area contributed by atoms with Crippen LogP contribution in [-0.4, -0.2) is 21.9 Å². The highest BCUT2D eigenvalue weighted by molar-refractivity contribution is 6.40. The van der Waals surface area contributed by atoms with Crippen LogP contribution in [0.5, 0.6) is 0 Å². The molecule has 0 atom stereocenters. The van der Waals surface area contributed by atoms with Crippen molar-refractivity contribution in [1.82, 2.24) is 9.97 Å². The van der Waals surface area contributed by atoms with Crippen LogP contribution < -0.4 is 10.6 Å². The summed E-state index contributed by atoms with van der Waals surface area (Å²) >= 11 is 12.1. The zero-order valence-electron chi connectivity index (χ0n) is 11.9. The highest BCUT2D eigenvalue weighted by atomic mass is 35.5. The van der Waals surface area contributed by atoms with Gasteiger partial charge in [0.15, 0.2) is 0 Å². The lowest BCUT2D eigenvalue weighted by Crippen LogP contribution is -2.17. The first-order chi connectivity index (χ1) is 10.5. The second kappa shape index (κ2) is 6.10. The molecule has 1 fully saturated rings. The van der Waals surface area contributed by atoms with Gasteiger partial charge in [0.2, 0.25) is 5.95 Å². The van der Waals surface area contributed by atoms with Gasteiger partial charge in [-0.15, -0.1) is 0 Å². The van der Waals surface area contributed by atoms with Gasteiger partial charge in [0.1, 0.15) is 5.69 Å². The summed E-state index contributed by atoms with van der Waals surface area (Å²) in [7, 11) is 0. The van der Waals surface area contributed by atoms with Gasteiger partial charge in [-0.25, -0.2) is 9.97 Å². The third-order valence-corrected chi connectivity index (χ3v) is 3.83. The van der Waals surface area contributed by atoms with Crippen LogP contribution in [-0.2, 0) is 0 Å². The number of anilines is 2. The van der Waals surface area contributed by atoms with E-state index in [-0.39, 0.29) is 11.6 Å². The minimum atomic E-state index is -0.376. The summed E-state index contributed by atoms with van der Waals surface area (Å²) in [6.07, 6.45) is 2.21. The molecule has 1 saturated carbocycles. The first-order valence-electron chi connectivity index (χ1n) is 6.90. The van der Waals surface area contributed by atoms with Crippen molar-refractivity contribution in [2.45, 2.75) is 25.8 Å². The van der Waals surface area contributed by atoms with Gasteiger partial charge in [0.05, 0.1) is 15.7 Å². The standard InChI is InChI=1S/C15H14Cl2N4O/c1-8-7-12(20-15(18-8)19-9-5-6-9)14(22)21-13-10(16)3-2-4-11(13)17/h2-4,7,9H,5-6H2,1H3,(H,21,22)(H,18,19,20). The van der Waals surface area contributed by atoms with Crippen molar-refractivity contribution in [2.75, 3.05) is 10.6 Å². The monoisotopic (exact) mass is 336 g/mol. The Balaban J connectivity index is 1.83. The van der Waals surface area contributed by atoms with E-state index in [9.17, 15) is 4.79 Å². The van der Waals surface area contributed by atoms with Crippen LogP contribution in [0, 0.1) is 6.92 Å². The molecule has 0 unspecified atom stereocenters. The Labute approximate surface area is 138 Å². The number of hydrogen-bond acceptors (Lipinski definition) is 4. The molecule has 0 radical (unpaired) electrons. The molecule has 0 bridgehead atoms. The molecule has 1 aromatic carbocycles. The van der Waals surface area contributed by atoms with E-state index >= 15 is 0 Å². The van der Waals surface area contributed by atoms with Crippen LogP contribution in [0.2, 0.25) is 10.0 Å². The number of amides is 1. The zero-order valence-corrected chi connectivity index (χ0v) is 13.4. The number of halogens is 2. The van der Waals surface area contributed by atoms with E-state index in [1.807, 2.05) is 6.92 Å². The highest BCUT2D eigenvalue weighted by Crippen LogP contribution is 2.30. The molecule has 1 aliphatic carbocycles. The summed E-state index contributed by atoms with van der Waals surface area (Å²) in [6, 6.07) is 7.07. The summed E-state index contributed by atoms with van der Waals surface area (Å²) in [5.74, 6) is 0.0947. The van der Waals surface area contributed by atoms with Crippen molar-refractivity contribution < 1.29 is 4.79 Å². The van der Waals surface area contributed by atoms with Gasteiger partial charge in [-0.1, -0.05) is 29.3 Å². The van der Waals surface area contributed by atoms with Crippen molar-refractivity contribution in [1.29, 1.82) is 0 Å². The maximum atomic E-state index is 12.4. The topological polar surface area (TPSA) is 66.9 Å². The third kappa shape index (κ3) is 3.48. The number of nitrogens with zero attached hydrogens (tertiary/aromatic N) is 2. The van der Waals surface area contributed by atoms with E-state index in [0.29, 0.717) is 33.4 Å². The smallest absolute Gasteiger partial charge is 0.274 e. The number of carbonyl (C=O) groups excluding carboxylic acids is 1. The summed E-state index contributed by atoms with van der Waals surface area (Å²) < 4.78 is 0. The molecule has 3 rings (SSSR count). The van der Waals surface area contributed by atoms with Crippen molar-refractivity contribution in [2.24, 2.45) is 0 Å². The van der Waals surface area contributed by atoms with Gasteiger partial charge in [0, 0.05) is 11.7 Å². The Hall–Kier alpha value is -1.85. The molecule has 0 spiro atoms. The SMILES string of the molecule is Cc1cc(C(=O)Nc2c(Cl)cccc2Cl)nc(NC2CC2)n1. The lowest BCUT2D eigenvalue weighted by molar-refractivity contribution is 0.102. The summed E-state index contributed by atoms with van der Waals surface area (Å²) in [6.45, 7) is 1.82. The molecule has 2 N–H and O–H groups in total. The highest BCUT2D eigenvalue weighted by Gasteiger charge is 2.23. The normalized spacial score (nSPS) is 13.8. The number of benzene rings is 1. The second-order valence-corrected chi connectivity index (χ2v) is 6.00. The van der Waals surface area contributed by atoms with Crippen LogP contribution in [0.25, 0.3) is 0 Å². The quantitative estimate of drug-likeness (QED) is 0.887. The number of aromatic nitrogens is 2. The number of para-hydroxylation sites is 1. The maximum absolute atomic E-state index is 12.4. The van der Waals surface area contributed by atoms with Crippen LogP contribution >= 0.6 is 23.2 Å². The van der Waals surface area contributed by atoms with E-state index in [0.717, 1.165) is 12.8 Å². The Morgan fingerprint density at radius 3 is 2.55 bits per heavy atom. The Bertz CT molecular complexity index is 711. The van der Waals surface area contributed by atoms with E-state index in [2.05, 4.69) is 20.6 Å². The molecule has 22 heavy (non-hydrogen) atoms. The largest absolute Gasteiger partial charge is 0.351 e. The maximum Gasteiger partial charge on any atom is 0.274 e. The minimum Gasteiger partial charge on any atom is -0.351 e. The van der Waals surface area contributed by atoms with Gasteiger partial charge < -0.3 is 10.6 Å². The van der Waals surface area contributed by atoms with Crippen LogP contribution in [0.15, 0.2) is 24.3 Å². The summed E-state index contributed by atoms with van der Waals surface area (Å²) in [5.41, 5.74) is 1.36. The lowest BCUT2D eigenvalue weighted by atomic mass is 10.3. The lowest BCUT2D eigenvalue weighted by Gasteiger charge is -2.10. The summed E-state index contributed by atoms with van der Waals surface area (Å²) in [4.78, 5) is 20.9. The first-order valence-corrected chi connectivity index (χ1v) is 7.66. The number of rotatable bonds is 4. The number of carbonyl (C=O) groups is 1. The van der Waals surface area contributed by atoms with Crippen LogP contribution in [0.3, 0.4) is 0 Å². The molecule has 1 aromatic heterocycles. The van der Waals surface area contributed by atoms with Crippen molar-refractivity contribution in [3.8, 4) is 0 Å². The molecule has 2 aromatic rings. The van der Waals surface area contributed by atoms with E-state index < -0.39 is 0 Å². The molecule has 114 valence electrons. The second-order valence-electron chi connectivity index (χ2n) is 5.19. The molecule has 1 aliphatic rings. The average Bonchev–Trinajstić information content (AvgIpc) is 3.26. The molecule has 0 saturated heterocycles. The molecule has 1 amide bonds. The van der Waals surface area contributed by atoms with Gasteiger partial charge >= 0.3 is 0 Å². The fourth-order valence-corrected chi connectivity index (χ4v) is 2.45. The number of hydrogen-bond donors (Lipinski definition) is 2. The van der Waals surface area contributed by atoms with Gasteiger partial charge in [0.25, 0.3) is 5.91 Å². The van der Waals surface area contributed by atoms with Gasteiger partial charge in [-0.3, -0.25) is 4.79 Å². The van der Waals surface area contributed by atoms with Crippen molar-refractivity contribution >= 4 is 40.7 Å². The summed E-state index contributed by atoms with van der Waals surface area (Å²) in [5, 5.41) is 6.64.